The highest BCUT2D eigenvalue weighted by Gasteiger charge is 2.11. The van der Waals surface area contributed by atoms with E-state index in [4.69, 9.17) is 11.6 Å². The molecular weight excluding hydrogens is 226 g/mol. The molecule has 0 aliphatic carbocycles. The summed E-state index contributed by atoms with van der Waals surface area (Å²) >= 11 is 5.76. The molecule has 16 heavy (non-hydrogen) atoms. The number of esters is 1. The number of carbonyl (C=O) groups is 1. The normalized spacial score (nSPS) is 10.4. The van der Waals surface area contributed by atoms with Gasteiger partial charge in [-0.1, -0.05) is 12.1 Å². The third-order valence-corrected chi connectivity index (χ3v) is 2.67. The van der Waals surface area contributed by atoms with Crippen LogP contribution in [0.15, 0.2) is 30.5 Å². The van der Waals surface area contributed by atoms with E-state index in [-0.39, 0.29) is 0 Å². The Morgan fingerprint density at radius 1 is 1.44 bits per heavy atom. The van der Waals surface area contributed by atoms with Crippen LogP contribution in [0.1, 0.15) is 16.1 Å². The lowest BCUT2D eigenvalue weighted by atomic mass is 10.1. The van der Waals surface area contributed by atoms with Gasteiger partial charge < -0.3 is 4.74 Å². The predicted octanol–water partition coefficient (Wildman–Crippen LogP) is 2.76. The van der Waals surface area contributed by atoms with E-state index in [1.807, 2.05) is 24.3 Å². The van der Waals surface area contributed by atoms with Crippen molar-refractivity contribution in [2.24, 2.45) is 0 Å². The number of fused-ring (bicyclic) bond motifs is 1. The summed E-state index contributed by atoms with van der Waals surface area (Å²) in [5, 5.41) is 1.72. The Labute approximate surface area is 98.0 Å². The van der Waals surface area contributed by atoms with Crippen LogP contribution in [0, 0.1) is 0 Å². The first-order valence-electron chi connectivity index (χ1n) is 4.78. The minimum atomic E-state index is -0.433. The molecule has 2 aromatic rings. The molecule has 1 aromatic heterocycles. The van der Waals surface area contributed by atoms with E-state index in [9.17, 15) is 4.79 Å². The molecule has 0 bridgehead atoms. The molecule has 0 amide bonds. The van der Waals surface area contributed by atoms with Crippen LogP contribution in [0.4, 0.5) is 0 Å². The van der Waals surface area contributed by atoms with Crippen molar-refractivity contribution in [1.82, 2.24) is 4.98 Å². The summed E-state index contributed by atoms with van der Waals surface area (Å²) in [6.07, 6.45) is 1.59. The number of rotatable bonds is 2. The molecule has 0 spiro atoms. The Balaban J connectivity index is 2.68. The quantitative estimate of drug-likeness (QED) is 0.594. The maximum Gasteiger partial charge on any atom is 0.357 e. The third kappa shape index (κ3) is 1.86. The summed E-state index contributed by atoms with van der Waals surface area (Å²) in [6, 6.07) is 7.55. The van der Waals surface area contributed by atoms with E-state index in [1.165, 1.54) is 7.11 Å². The number of ether oxygens (including phenoxy) is 1. The molecule has 0 aliphatic heterocycles. The fourth-order valence-corrected chi connectivity index (χ4v) is 1.72. The fraction of sp³-hybridized carbons (Fsp3) is 0.167. The van der Waals surface area contributed by atoms with Crippen molar-refractivity contribution >= 4 is 28.3 Å². The lowest BCUT2D eigenvalue weighted by Crippen LogP contribution is -2.04. The number of alkyl halides is 1. The van der Waals surface area contributed by atoms with Gasteiger partial charge in [-0.15, -0.1) is 11.6 Å². The fourth-order valence-electron chi connectivity index (χ4n) is 1.56. The Bertz CT molecular complexity index is 540. The Hall–Kier alpha value is -1.61. The lowest BCUT2D eigenvalue weighted by molar-refractivity contribution is 0.0596. The number of halogens is 1. The maximum absolute atomic E-state index is 11.5. The second-order valence-corrected chi connectivity index (χ2v) is 3.61. The van der Waals surface area contributed by atoms with Crippen LogP contribution in [0.25, 0.3) is 10.8 Å². The molecule has 0 unspecified atom stereocenters. The summed E-state index contributed by atoms with van der Waals surface area (Å²) in [5.41, 5.74) is 1.28. The van der Waals surface area contributed by atoms with Crippen molar-refractivity contribution in [3.8, 4) is 0 Å². The summed E-state index contributed by atoms with van der Waals surface area (Å²) in [7, 11) is 1.34. The monoisotopic (exact) mass is 235 g/mol. The van der Waals surface area contributed by atoms with Gasteiger partial charge in [-0.3, -0.25) is 0 Å². The zero-order valence-electron chi connectivity index (χ0n) is 8.74. The molecule has 3 nitrogen and oxygen atoms in total. The van der Waals surface area contributed by atoms with Crippen LogP contribution < -0.4 is 0 Å². The topological polar surface area (TPSA) is 39.2 Å². The average molecular weight is 236 g/mol. The first-order chi connectivity index (χ1) is 7.76. The van der Waals surface area contributed by atoms with E-state index in [0.717, 1.165) is 16.3 Å². The molecule has 0 atom stereocenters. The second kappa shape index (κ2) is 4.49. The van der Waals surface area contributed by atoms with Crippen molar-refractivity contribution in [3.05, 3.63) is 41.7 Å². The summed E-state index contributed by atoms with van der Waals surface area (Å²) in [4.78, 5) is 15.5. The Kier molecular flexibility index (Phi) is 3.06. The van der Waals surface area contributed by atoms with Crippen molar-refractivity contribution < 1.29 is 9.53 Å². The van der Waals surface area contributed by atoms with Crippen LogP contribution in [0.5, 0.6) is 0 Å². The van der Waals surface area contributed by atoms with Gasteiger partial charge in [0.15, 0.2) is 5.69 Å². The van der Waals surface area contributed by atoms with Crippen molar-refractivity contribution in [2.45, 2.75) is 5.88 Å². The van der Waals surface area contributed by atoms with Gasteiger partial charge in [-0.2, -0.15) is 0 Å². The van der Waals surface area contributed by atoms with Gasteiger partial charge in [-0.25, -0.2) is 9.78 Å². The van der Waals surface area contributed by atoms with E-state index in [1.54, 1.807) is 6.20 Å². The molecule has 82 valence electrons. The number of pyridine rings is 1. The van der Waals surface area contributed by atoms with E-state index < -0.39 is 5.97 Å². The molecule has 0 N–H and O–H groups in total. The third-order valence-electron chi connectivity index (χ3n) is 2.36. The zero-order chi connectivity index (χ0) is 11.5. The van der Waals surface area contributed by atoms with Crippen molar-refractivity contribution in [2.75, 3.05) is 7.11 Å². The van der Waals surface area contributed by atoms with Gasteiger partial charge in [0.1, 0.15) is 0 Å². The first-order valence-corrected chi connectivity index (χ1v) is 5.31. The van der Waals surface area contributed by atoms with Crippen LogP contribution in [0.3, 0.4) is 0 Å². The second-order valence-electron chi connectivity index (χ2n) is 3.34. The van der Waals surface area contributed by atoms with Crippen LogP contribution >= 0.6 is 11.6 Å². The minimum Gasteiger partial charge on any atom is -0.464 e. The largest absolute Gasteiger partial charge is 0.464 e. The summed E-state index contributed by atoms with van der Waals surface area (Å²) < 4.78 is 4.68. The molecule has 0 aliphatic rings. The van der Waals surface area contributed by atoms with Crippen LogP contribution in [-0.4, -0.2) is 18.1 Å². The molecule has 4 heteroatoms. The van der Waals surface area contributed by atoms with Crippen molar-refractivity contribution in [3.63, 3.8) is 0 Å². The molecule has 0 radical (unpaired) electrons. The number of nitrogens with zero attached hydrogens (tertiary/aromatic N) is 1. The minimum absolute atomic E-state index is 0.326. The first kappa shape index (κ1) is 10.9. The lowest BCUT2D eigenvalue weighted by Gasteiger charge is -2.04. The van der Waals surface area contributed by atoms with Gasteiger partial charge >= 0.3 is 5.97 Å². The van der Waals surface area contributed by atoms with Gasteiger partial charge in [0, 0.05) is 17.5 Å². The standard InChI is InChI=1S/C12H10ClNO2/c1-16-12(15)11-10-6-8(7-13)2-3-9(10)4-5-14-11/h2-6H,7H2,1H3. The summed E-state index contributed by atoms with van der Waals surface area (Å²) in [5.74, 6) is -0.0249. The van der Waals surface area contributed by atoms with E-state index in [2.05, 4.69) is 9.72 Å². The SMILES string of the molecule is COC(=O)c1nccc2ccc(CCl)cc12. The van der Waals surface area contributed by atoms with Gasteiger partial charge in [-0.05, 0) is 23.1 Å². The van der Waals surface area contributed by atoms with Gasteiger partial charge in [0.25, 0.3) is 0 Å². The number of hydrogen-bond acceptors (Lipinski definition) is 3. The highest BCUT2D eigenvalue weighted by atomic mass is 35.5. The Morgan fingerprint density at radius 3 is 2.94 bits per heavy atom. The smallest absolute Gasteiger partial charge is 0.357 e. The molecule has 1 heterocycles. The highest BCUT2D eigenvalue weighted by molar-refractivity contribution is 6.17. The Morgan fingerprint density at radius 2 is 2.25 bits per heavy atom. The summed E-state index contributed by atoms with van der Waals surface area (Å²) in [6.45, 7) is 0. The molecule has 1 aromatic carbocycles. The number of aromatic nitrogens is 1. The number of methoxy groups -OCH3 is 1. The number of hydrogen-bond donors (Lipinski definition) is 0. The van der Waals surface area contributed by atoms with Crippen molar-refractivity contribution in [1.29, 1.82) is 0 Å². The predicted molar refractivity (Wildman–Crippen MR) is 62.6 cm³/mol. The van der Waals surface area contributed by atoms with E-state index >= 15 is 0 Å². The molecular formula is C12H10ClNO2. The zero-order valence-corrected chi connectivity index (χ0v) is 9.49. The molecule has 0 saturated heterocycles. The van der Waals surface area contributed by atoms with E-state index in [0.29, 0.717) is 11.6 Å². The highest BCUT2D eigenvalue weighted by Crippen LogP contribution is 2.20. The number of carbonyl (C=O) groups excluding carboxylic acids is 1. The van der Waals surface area contributed by atoms with Crippen LogP contribution in [0.2, 0.25) is 0 Å². The number of benzene rings is 1. The molecule has 2 rings (SSSR count). The maximum atomic E-state index is 11.5. The van der Waals surface area contributed by atoms with Gasteiger partial charge in [0.05, 0.1) is 7.11 Å². The van der Waals surface area contributed by atoms with Crippen LogP contribution in [-0.2, 0) is 10.6 Å². The van der Waals surface area contributed by atoms with Gasteiger partial charge in [0.2, 0.25) is 0 Å². The average Bonchev–Trinajstić information content (AvgIpc) is 2.36. The molecule has 0 saturated carbocycles. The molecule has 0 fully saturated rings.